The molecule has 0 bridgehead atoms. The molecule has 1 aliphatic carbocycles. The number of carbonyl (C=O) groups excluding carboxylic acids is 1. The van der Waals surface area contributed by atoms with Crippen molar-refractivity contribution in [3.8, 4) is 0 Å². The quantitative estimate of drug-likeness (QED) is 0.790. The SMILES string of the molecule is CC(C)C1CCC(NC(=O)[C@H]2CCCN2)CC1. The van der Waals surface area contributed by atoms with E-state index in [0.29, 0.717) is 6.04 Å². The van der Waals surface area contributed by atoms with E-state index < -0.39 is 0 Å². The fourth-order valence-electron chi connectivity index (χ4n) is 3.14. The monoisotopic (exact) mass is 238 g/mol. The lowest BCUT2D eigenvalue weighted by Crippen LogP contribution is -2.46. The van der Waals surface area contributed by atoms with Gasteiger partial charge in [-0.15, -0.1) is 0 Å². The molecule has 1 heterocycles. The van der Waals surface area contributed by atoms with Crippen LogP contribution in [-0.2, 0) is 4.79 Å². The van der Waals surface area contributed by atoms with Crippen molar-refractivity contribution in [3.05, 3.63) is 0 Å². The molecule has 0 aromatic heterocycles. The Bertz CT molecular complexity index is 251. The average molecular weight is 238 g/mol. The summed E-state index contributed by atoms with van der Waals surface area (Å²) < 4.78 is 0. The van der Waals surface area contributed by atoms with Crippen LogP contribution in [0.4, 0.5) is 0 Å². The second kappa shape index (κ2) is 5.85. The Hall–Kier alpha value is -0.570. The molecule has 98 valence electrons. The van der Waals surface area contributed by atoms with E-state index in [9.17, 15) is 4.79 Å². The normalized spacial score (nSPS) is 33.9. The number of hydrogen-bond donors (Lipinski definition) is 2. The first-order chi connectivity index (χ1) is 8.16. The Morgan fingerprint density at radius 1 is 1.18 bits per heavy atom. The maximum Gasteiger partial charge on any atom is 0.237 e. The lowest BCUT2D eigenvalue weighted by Gasteiger charge is -2.31. The third-order valence-corrected chi connectivity index (χ3v) is 4.44. The minimum absolute atomic E-state index is 0.0813. The minimum Gasteiger partial charge on any atom is -0.352 e. The summed E-state index contributed by atoms with van der Waals surface area (Å²) in [6.07, 6.45) is 7.04. The minimum atomic E-state index is 0.0813. The van der Waals surface area contributed by atoms with E-state index in [1.807, 2.05) is 0 Å². The topological polar surface area (TPSA) is 41.1 Å². The van der Waals surface area contributed by atoms with Crippen molar-refractivity contribution in [2.75, 3.05) is 6.54 Å². The summed E-state index contributed by atoms with van der Waals surface area (Å²) in [6, 6.07) is 0.512. The van der Waals surface area contributed by atoms with Crippen LogP contribution in [0.1, 0.15) is 52.4 Å². The van der Waals surface area contributed by atoms with Gasteiger partial charge in [-0.05, 0) is 56.9 Å². The highest BCUT2D eigenvalue weighted by Gasteiger charge is 2.27. The van der Waals surface area contributed by atoms with E-state index in [2.05, 4.69) is 24.5 Å². The molecule has 0 spiro atoms. The molecule has 3 nitrogen and oxygen atoms in total. The van der Waals surface area contributed by atoms with E-state index in [0.717, 1.165) is 31.2 Å². The number of carbonyl (C=O) groups is 1. The first-order valence-corrected chi connectivity index (χ1v) is 7.20. The Morgan fingerprint density at radius 2 is 1.88 bits per heavy atom. The molecule has 17 heavy (non-hydrogen) atoms. The van der Waals surface area contributed by atoms with Crippen LogP contribution >= 0.6 is 0 Å². The van der Waals surface area contributed by atoms with Crippen LogP contribution in [0.2, 0.25) is 0 Å². The Labute approximate surface area is 105 Å². The molecule has 1 saturated carbocycles. The van der Waals surface area contributed by atoms with E-state index in [1.165, 1.54) is 25.7 Å². The standard InChI is InChI=1S/C14H26N2O/c1-10(2)11-5-7-12(8-6-11)16-14(17)13-4-3-9-15-13/h10-13,15H,3-9H2,1-2H3,(H,16,17)/t11?,12?,13-/m1/s1. The summed E-state index contributed by atoms with van der Waals surface area (Å²) in [5.74, 6) is 1.89. The first-order valence-electron chi connectivity index (χ1n) is 7.20. The molecule has 1 atom stereocenters. The summed E-state index contributed by atoms with van der Waals surface area (Å²) in [4.78, 5) is 12.0. The fraction of sp³-hybridized carbons (Fsp3) is 0.929. The van der Waals surface area contributed by atoms with Crippen molar-refractivity contribution in [2.24, 2.45) is 11.8 Å². The largest absolute Gasteiger partial charge is 0.352 e. The first kappa shape index (κ1) is 12.9. The summed E-state index contributed by atoms with van der Waals surface area (Å²) >= 11 is 0. The van der Waals surface area contributed by atoms with E-state index in [1.54, 1.807) is 0 Å². The molecule has 0 aromatic rings. The third-order valence-electron chi connectivity index (χ3n) is 4.44. The number of nitrogens with one attached hydrogen (secondary N) is 2. The van der Waals surface area contributed by atoms with E-state index in [-0.39, 0.29) is 11.9 Å². The van der Waals surface area contributed by atoms with Crippen LogP contribution in [-0.4, -0.2) is 24.5 Å². The van der Waals surface area contributed by atoms with Gasteiger partial charge in [-0.25, -0.2) is 0 Å². The lowest BCUT2D eigenvalue weighted by molar-refractivity contribution is -0.123. The van der Waals surface area contributed by atoms with E-state index >= 15 is 0 Å². The van der Waals surface area contributed by atoms with Crippen LogP contribution in [0.25, 0.3) is 0 Å². The van der Waals surface area contributed by atoms with Gasteiger partial charge in [0.05, 0.1) is 6.04 Å². The van der Waals surface area contributed by atoms with Crippen molar-refractivity contribution in [1.29, 1.82) is 0 Å². The molecule has 0 unspecified atom stereocenters. The zero-order valence-corrected chi connectivity index (χ0v) is 11.2. The molecule has 0 radical (unpaired) electrons. The van der Waals surface area contributed by atoms with Gasteiger partial charge in [0.2, 0.25) is 5.91 Å². The van der Waals surface area contributed by atoms with Crippen molar-refractivity contribution in [2.45, 2.75) is 64.5 Å². The van der Waals surface area contributed by atoms with Gasteiger partial charge in [-0.1, -0.05) is 13.8 Å². The highest BCUT2D eigenvalue weighted by molar-refractivity contribution is 5.82. The predicted molar refractivity (Wildman–Crippen MR) is 69.8 cm³/mol. The smallest absolute Gasteiger partial charge is 0.237 e. The molecule has 0 aromatic carbocycles. The van der Waals surface area contributed by atoms with Crippen LogP contribution in [0, 0.1) is 11.8 Å². The summed E-state index contributed by atoms with van der Waals surface area (Å²) in [5, 5.41) is 6.48. The fourth-order valence-corrected chi connectivity index (χ4v) is 3.14. The van der Waals surface area contributed by atoms with Crippen molar-refractivity contribution < 1.29 is 4.79 Å². The predicted octanol–water partition coefficient (Wildman–Crippen LogP) is 2.07. The van der Waals surface area contributed by atoms with Gasteiger partial charge in [0.25, 0.3) is 0 Å². The molecular weight excluding hydrogens is 212 g/mol. The summed E-state index contributed by atoms with van der Waals surface area (Å²) in [5.41, 5.74) is 0. The van der Waals surface area contributed by atoms with Gasteiger partial charge < -0.3 is 10.6 Å². The summed E-state index contributed by atoms with van der Waals surface area (Å²) in [7, 11) is 0. The highest BCUT2D eigenvalue weighted by Crippen LogP contribution is 2.29. The molecule has 1 saturated heterocycles. The number of amides is 1. The highest BCUT2D eigenvalue weighted by atomic mass is 16.2. The molecule has 2 rings (SSSR count). The molecule has 2 fully saturated rings. The van der Waals surface area contributed by atoms with Crippen molar-refractivity contribution in [3.63, 3.8) is 0 Å². The molecule has 2 aliphatic rings. The summed E-state index contributed by atoms with van der Waals surface area (Å²) in [6.45, 7) is 5.62. The second-order valence-electron chi connectivity index (χ2n) is 6.01. The zero-order valence-electron chi connectivity index (χ0n) is 11.2. The van der Waals surface area contributed by atoms with Crippen LogP contribution < -0.4 is 10.6 Å². The van der Waals surface area contributed by atoms with Crippen LogP contribution in [0.15, 0.2) is 0 Å². The molecule has 2 N–H and O–H groups in total. The van der Waals surface area contributed by atoms with Crippen LogP contribution in [0.5, 0.6) is 0 Å². The average Bonchev–Trinajstić information content (AvgIpc) is 2.83. The Morgan fingerprint density at radius 3 is 2.41 bits per heavy atom. The van der Waals surface area contributed by atoms with Gasteiger partial charge in [-0.2, -0.15) is 0 Å². The number of rotatable bonds is 3. The van der Waals surface area contributed by atoms with Gasteiger partial charge >= 0.3 is 0 Å². The number of hydrogen-bond acceptors (Lipinski definition) is 2. The second-order valence-corrected chi connectivity index (χ2v) is 6.01. The van der Waals surface area contributed by atoms with Crippen LogP contribution in [0.3, 0.4) is 0 Å². The van der Waals surface area contributed by atoms with Crippen molar-refractivity contribution in [1.82, 2.24) is 10.6 Å². The Balaban J connectivity index is 1.72. The lowest BCUT2D eigenvalue weighted by atomic mass is 9.79. The maximum absolute atomic E-state index is 12.0. The maximum atomic E-state index is 12.0. The molecule has 1 aliphatic heterocycles. The van der Waals surface area contributed by atoms with Crippen molar-refractivity contribution >= 4 is 5.91 Å². The zero-order chi connectivity index (χ0) is 12.3. The molecular formula is C14H26N2O. The molecule has 3 heteroatoms. The third kappa shape index (κ3) is 3.44. The van der Waals surface area contributed by atoms with Gasteiger partial charge in [-0.3, -0.25) is 4.79 Å². The Kier molecular flexibility index (Phi) is 4.43. The van der Waals surface area contributed by atoms with Gasteiger partial charge in [0.1, 0.15) is 0 Å². The molecule has 1 amide bonds. The van der Waals surface area contributed by atoms with Gasteiger partial charge in [0, 0.05) is 6.04 Å². The van der Waals surface area contributed by atoms with Gasteiger partial charge in [0.15, 0.2) is 0 Å². The van der Waals surface area contributed by atoms with E-state index in [4.69, 9.17) is 0 Å².